The van der Waals surface area contributed by atoms with E-state index in [4.69, 9.17) is 4.74 Å². The molecule has 0 fully saturated rings. The summed E-state index contributed by atoms with van der Waals surface area (Å²) in [6.45, 7) is 6.07. The molecule has 1 heterocycles. The second-order valence-electron chi connectivity index (χ2n) is 4.14. The highest BCUT2D eigenvalue weighted by Crippen LogP contribution is 2.25. The number of anilines is 1. The number of nitrogens with one attached hydrogen (secondary N) is 1. The summed E-state index contributed by atoms with van der Waals surface area (Å²) in [6.07, 6.45) is 1.80. The molecule has 0 amide bonds. The number of hydrogen-bond acceptors (Lipinski definition) is 3. The summed E-state index contributed by atoms with van der Waals surface area (Å²) < 4.78 is 5.21. The lowest BCUT2D eigenvalue weighted by Crippen LogP contribution is -2.09. The van der Waals surface area contributed by atoms with Crippen LogP contribution in [0.5, 0.6) is 5.75 Å². The van der Waals surface area contributed by atoms with Crippen LogP contribution in [-0.4, -0.2) is 12.1 Å². The van der Waals surface area contributed by atoms with Gasteiger partial charge in [-0.25, -0.2) is 0 Å². The van der Waals surface area contributed by atoms with E-state index in [2.05, 4.69) is 24.1 Å². The fourth-order valence-corrected chi connectivity index (χ4v) is 1.76. The Morgan fingerprint density at radius 2 is 2.11 bits per heavy atom. The Balaban J connectivity index is 2.18. The normalized spacial score (nSPS) is 11.9. The molecule has 1 N–H and O–H groups in total. The summed E-state index contributed by atoms with van der Waals surface area (Å²) in [4.78, 5) is 4.33. The van der Waals surface area contributed by atoms with Crippen LogP contribution >= 0.6 is 0 Å². The molecule has 0 spiro atoms. The Labute approximate surface area is 108 Å². The predicted octanol–water partition coefficient (Wildman–Crippen LogP) is 3.45. The van der Waals surface area contributed by atoms with Gasteiger partial charge in [0.15, 0.2) is 0 Å². The minimum Gasteiger partial charge on any atom is -0.497 e. The number of rotatable bonds is 4. The number of nitrogens with zero attached hydrogens (tertiary/aromatic N) is 1. The van der Waals surface area contributed by atoms with Crippen molar-refractivity contribution in [3.05, 3.63) is 60.8 Å². The van der Waals surface area contributed by atoms with Crippen LogP contribution in [0.4, 0.5) is 5.69 Å². The summed E-state index contributed by atoms with van der Waals surface area (Å²) >= 11 is 0. The Morgan fingerprint density at radius 1 is 1.28 bits per heavy atom. The summed E-state index contributed by atoms with van der Waals surface area (Å²) in [5, 5.41) is 3.40. The van der Waals surface area contributed by atoms with Gasteiger partial charge in [0.25, 0.3) is 0 Å². The maximum Gasteiger partial charge on any atom is 0.120 e. The van der Waals surface area contributed by atoms with Crippen LogP contribution in [0.1, 0.15) is 24.2 Å². The SMILES string of the molecule is [CH2]c1ccc(OC)cc1N[C@@H](C)c1ccccn1. The summed E-state index contributed by atoms with van der Waals surface area (Å²) in [7, 11) is 1.66. The lowest BCUT2D eigenvalue weighted by atomic mass is 10.1. The lowest BCUT2D eigenvalue weighted by Gasteiger charge is -2.17. The van der Waals surface area contributed by atoms with Gasteiger partial charge in [0, 0.05) is 18.0 Å². The molecular formula is C15H17N2O. The van der Waals surface area contributed by atoms with E-state index in [1.807, 2.05) is 36.4 Å². The van der Waals surface area contributed by atoms with E-state index in [1.165, 1.54) is 0 Å². The van der Waals surface area contributed by atoms with E-state index in [0.717, 1.165) is 22.7 Å². The van der Waals surface area contributed by atoms with Gasteiger partial charge in [-0.2, -0.15) is 0 Å². The standard InChI is InChI=1S/C15H17N2O/c1-11-7-8-13(18-3)10-15(11)17-12(2)14-6-4-5-9-16-14/h4-10,12,17H,1H2,2-3H3/t12-/m0/s1. The molecule has 0 aliphatic carbocycles. The van der Waals surface area contributed by atoms with Gasteiger partial charge in [-0.15, -0.1) is 0 Å². The molecule has 1 radical (unpaired) electrons. The van der Waals surface area contributed by atoms with Crippen LogP contribution in [0.2, 0.25) is 0 Å². The van der Waals surface area contributed by atoms with Crippen LogP contribution in [0, 0.1) is 6.92 Å². The number of aromatic nitrogens is 1. The molecule has 1 aromatic heterocycles. The third-order valence-electron chi connectivity index (χ3n) is 2.82. The highest BCUT2D eigenvalue weighted by molar-refractivity contribution is 5.57. The largest absolute Gasteiger partial charge is 0.497 e. The van der Waals surface area contributed by atoms with E-state index in [-0.39, 0.29) is 6.04 Å². The Bertz CT molecular complexity index is 511. The topological polar surface area (TPSA) is 34.1 Å². The first kappa shape index (κ1) is 12.4. The second kappa shape index (κ2) is 5.54. The molecule has 0 bridgehead atoms. The first-order valence-electron chi connectivity index (χ1n) is 5.88. The minimum absolute atomic E-state index is 0.124. The Morgan fingerprint density at radius 3 is 2.78 bits per heavy atom. The zero-order chi connectivity index (χ0) is 13.0. The average molecular weight is 241 g/mol. The van der Waals surface area contributed by atoms with Crippen molar-refractivity contribution >= 4 is 5.69 Å². The van der Waals surface area contributed by atoms with E-state index in [9.17, 15) is 0 Å². The molecule has 93 valence electrons. The highest BCUT2D eigenvalue weighted by atomic mass is 16.5. The molecule has 2 rings (SSSR count). The fraction of sp³-hybridized carbons (Fsp3) is 0.200. The molecule has 1 atom stereocenters. The third-order valence-corrected chi connectivity index (χ3v) is 2.82. The highest BCUT2D eigenvalue weighted by Gasteiger charge is 2.08. The summed E-state index contributed by atoms with van der Waals surface area (Å²) in [5.74, 6) is 0.818. The molecule has 0 unspecified atom stereocenters. The predicted molar refractivity (Wildman–Crippen MR) is 73.7 cm³/mol. The van der Waals surface area contributed by atoms with Gasteiger partial charge in [0.05, 0.1) is 18.8 Å². The smallest absolute Gasteiger partial charge is 0.120 e. The van der Waals surface area contributed by atoms with Crippen molar-refractivity contribution in [3.8, 4) is 5.75 Å². The van der Waals surface area contributed by atoms with Gasteiger partial charge in [-0.1, -0.05) is 12.1 Å². The van der Waals surface area contributed by atoms with Crippen LogP contribution in [0.3, 0.4) is 0 Å². The quantitative estimate of drug-likeness (QED) is 0.890. The second-order valence-corrected chi connectivity index (χ2v) is 4.14. The maximum absolute atomic E-state index is 5.21. The van der Waals surface area contributed by atoms with Gasteiger partial charge < -0.3 is 10.1 Å². The monoisotopic (exact) mass is 241 g/mol. The van der Waals surface area contributed by atoms with Crippen LogP contribution in [-0.2, 0) is 0 Å². The van der Waals surface area contributed by atoms with Gasteiger partial charge in [-0.3, -0.25) is 4.98 Å². The zero-order valence-electron chi connectivity index (χ0n) is 10.7. The first-order chi connectivity index (χ1) is 8.70. The molecule has 0 aliphatic heterocycles. The van der Waals surface area contributed by atoms with Gasteiger partial charge in [-0.05, 0) is 37.6 Å². The molecule has 0 saturated heterocycles. The molecule has 18 heavy (non-hydrogen) atoms. The van der Waals surface area contributed by atoms with Crippen LogP contribution in [0.15, 0.2) is 42.6 Å². The van der Waals surface area contributed by atoms with Crippen molar-refractivity contribution in [2.45, 2.75) is 13.0 Å². The number of benzene rings is 1. The van der Waals surface area contributed by atoms with E-state index in [1.54, 1.807) is 13.3 Å². The van der Waals surface area contributed by atoms with Crippen molar-refractivity contribution in [1.29, 1.82) is 0 Å². The average Bonchev–Trinajstić information content (AvgIpc) is 2.42. The van der Waals surface area contributed by atoms with Crippen molar-refractivity contribution in [2.75, 3.05) is 12.4 Å². The molecule has 3 heteroatoms. The van der Waals surface area contributed by atoms with Crippen LogP contribution < -0.4 is 10.1 Å². The molecule has 3 nitrogen and oxygen atoms in total. The van der Waals surface area contributed by atoms with Crippen molar-refractivity contribution in [3.63, 3.8) is 0 Å². The van der Waals surface area contributed by atoms with Gasteiger partial charge >= 0.3 is 0 Å². The molecule has 1 aromatic carbocycles. The molecular weight excluding hydrogens is 224 g/mol. The summed E-state index contributed by atoms with van der Waals surface area (Å²) in [6, 6.07) is 11.8. The van der Waals surface area contributed by atoms with Crippen molar-refractivity contribution in [2.24, 2.45) is 0 Å². The van der Waals surface area contributed by atoms with Gasteiger partial charge in [0.1, 0.15) is 5.75 Å². The van der Waals surface area contributed by atoms with E-state index >= 15 is 0 Å². The van der Waals surface area contributed by atoms with Gasteiger partial charge in [0.2, 0.25) is 0 Å². The number of hydrogen-bond donors (Lipinski definition) is 1. The molecule has 2 aromatic rings. The Hall–Kier alpha value is -2.03. The number of pyridine rings is 1. The zero-order valence-corrected chi connectivity index (χ0v) is 10.7. The Kier molecular flexibility index (Phi) is 3.82. The van der Waals surface area contributed by atoms with Crippen LogP contribution in [0.25, 0.3) is 0 Å². The van der Waals surface area contributed by atoms with Crippen molar-refractivity contribution < 1.29 is 4.74 Å². The molecule has 0 aliphatic rings. The first-order valence-corrected chi connectivity index (χ1v) is 5.88. The molecule has 0 saturated carbocycles. The summed E-state index contributed by atoms with van der Waals surface area (Å²) in [5.41, 5.74) is 2.91. The lowest BCUT2D eigenvalue weighted by molar-refractivity contribution is 0.415. The number of ether oxygens (including phenoxy) is 1. The van der Waals surface area contributed by atoms with E-state index < -0.39 is 0 Å². The van der Waals surface area contributed by atoms with Crippen molar-refractivity contribution in [1.82, 2.24) is 4.98 Å². The number of methoxy groups -OCH3 is 1. The fourth-order valence-electron chi connectivity index (χ4n) is 1.76. The van der Waals surface area contributed by atoms with E-state index in [0.29, 0.717) is 0 Å². The minimum atomic E-state index is 0.124. The third kappa shape index (κ3) is 2.80. The maximum atomic E-state index is 5.21.